The zero-order valence-electron chi connectivity index (χ0n) is 11.0. The topological polar surface area (TPSA) is 53.8 Å². The summed E-state index contributed by atoms with van der Waals surface area (Å²) in [6.45, 7) is 4.13. The van der Waals surface area contributed by atoms with Gasteiger partial charge >= 0.3 is 0 Å². The summed E-state index contributed by atoms with van der Waals surface area (Å²) >= 11 is 0. The lowest BCUT2D eigenvalue weighted by Crippen LogP contribution is -2.01. The summed E-state index contributed by atoms with van der Waals surface area (Å²) < 4.78 is 1.86. The first kappa shape index (κ1) is 12.0. The van der Waals surface area contributed by atoms with Gasteiger partial charge in [-0.05, 0) is 31.5 Å². The lowest BCUT2D eigenvalue weighted by Gasteiger charge is -2.10. The van der Waals surface area contributed by atoms with Gasteiger partial charge in [0.15, 0.2) is 0 Å². The lowest BCUT2D eigenvalue weighted by molar-refractivity contribution is 0.221. The summed E-state index contributed by atoms with van der Waals surface area (Å²) in [5.41, 5.74) is 2.76. The summed E-state index contributed by atoms with van der Waals surface area (Å²) in [6, 6.07) is 8.19. The van der Waals surface area contributed by atoms with Crippen LogP contribution < -0.4 is 0 Å². The smallest absolute Gasteiger partial charge is 0.108 e. The number of nitrogens with zero attached hydrogens (tertiary/aromatic N) is 2. The second-order valence-electron chi connectivity index (χ2n) is 5.04. The van der Waals surface area contributed by atoms with Gasteiger partial charge < -0.3 is 10.1 Å². The molecule has 98 valence electrons. The van der Waals surface area contributed by atoms with Gasteiger partial charge in [-0.15, -0.1) is 0 Å². The molecule has 2 N–H and O–H groups in total. The summed E-state index contributed by atoms with van der Waals surface area (Å²) in [5.74, 6) is 0. The number of aromatic amines is 1. The summed E-state index contributed by atoms with van der Waals surface area (Å²) in [5, 5.41) is 15.9. The zero-order valence-corrected chi connectivity index (χ0v) is 11.0. The van der Waals surface area contributed by atoms with Crippen LogP contribution in [0.2, 0.25) is 0 Å². The van der Waals surface area contributed by atoms with Gasteiger partial charge in [-0.3, -0.25) is 4.68 Å². The molecule has 4 heteroatoms. The number of fused-ring (bicyclic) bond motifs is 1. The molecule has 0 aliphatic carbocycles. The van der Waals surface area contributed by atoms with Crippen LogP contribution in [0.25, 0.3) is 10.9 Å². The minimum absolute atomic E-state index is 0.295. The van der Waals surface area contributed by atoms with Crippen LogP contribution in [0.15, 0.2) is 42.9 Å². The van der Waals surface area contributed by atoms with Crippen molar-refractivity contribution in [1.82, 2.24) is 14.8 Å². The molecule has 0 aliphatic heterocycles. The van der Waals surface area contributed by atoms with E-state index in [0.717, 1.165) is 22.0 Å². The fraction of sp³-hybridized carbons (Fsp3) is 0.267. The first-order chi connectivity index (χ1) is 9.16. The second-order valence-corrected chi connectivity index (χ2v) is 5.04. The number of hydrogen-bond acceptors (Lipinski definition) is 2. The van der Waals surface area contributed by atoms with Crippen LogP contribution in [0.5, 0.6) is 0 Å². The molecule has 1 aromatic carbocycles. The first-order valence-electron chi connectivity index (χ1n) is 6.45. The van der Waals surface area contributed by atoms with E-state index in [1.807, 2.05) is 41.3 Å². The van der Waals surface area contributed by atoms with Crippen LogP contribution in [0.4, 0.5) is 0 Å². The van der Waals surface area contributed by atoms with Crippen LogP contribution in [0, 0.1) is 0 Å². The Morgan fingerprint density at radius 1 is 1.26 bits per heavy atom. The molecular formula is C15H17N3O. The minimum Gasteiger partial charge on any atom is -0.384 e. The Hall–Kier alpha value is -2.07. The van der Waals surface area contributed by atoms with Crippen molar-refractivity contribution < 1.29 is 5.11 Å². The number of benzene rings is 1. The number of aliphatic hydroxyl groups is 1. The summed E-state index contributed by atoms with van der Waals surface area (Å²) in [4.78, 5) is 3.16. The molecule has 0 radical (unpaired) electrons. The molecule has 0 fully saturated rings. The monoisotopic (exact) mass is 255 g/mol. The Kier molecular flexibility index (Phi) is 2.87. The van der Waals surface area contributed by atoms with Crippen molar-refractivity contribution in [2.45, 2.75) is 26.0 Å². The number of H-pyrrole nitrogens is 1. The van der Waals surface area contributed by atoms with Gasteiger partial charge in [0.2, 0.25) is 0 Å². The predicted molar refractivity (Wildman–Crippen MR) is 75.0 cm³/mol. The molecule has 19 heavy (non-hydrogen) atoms. The third-order valence-corrected chi connectivity index (χ3v) is 3.39. The number of nitrogens with one attached hydrogen (secondary N) is 1. The van der Waals surface area contributed by atoms with Gasteiger partial charge in [-0.1, -0.05) is 12.1 Å². The molecule has 1 unspecified atom stereocenters. The Morgan fingerprint density at radius 2 is 2.11 bits per heavy atom. The van der Waals surface area contributed by atoms with Crippen molar-refractivity contribution in [3.05, 3.63) is 54.0 Å². The number of hydrogen-bond donors (Lipinski definition) is 2. The highest BCUT2D eigenvalue weighted by Crippen LogP contribution is 2.28. The average Bonchev–Trinajstić information content (AvgIpc) is 3.06. The minimum atomic E-state index is -0.646. The number of rotatable bonds is 3. The highest BCUT2D eigenvalue weighted by Gasteiger charge is 2.16. The largest absolute Gasteiger partial charge is 0.384 e. The quantitative estimate of drug-likeness (QED) is 0.755. The lowest BCUT2D eigenvalue weighted by atomic mass is 10.0. The summed E-state index contributed by atoms with van der Waals surface area (Å²) in [6.07, 6.45) is 4.88. The Morgan fingerprint density at radius 3 is 2.84 bits per heavy atom. The maximum atomic E-state index is 10.5. The third-order valence-electron chi connectivity index (χ3n) is 3.39. The third kappa shape index (κ3) is 2.04. The van der Waals surface area contributed by atoms with Crippen LogP contribution in [-0.4, -0.2) is 19.9 Å². The van der Waals surface area contributed by atoms with Gasteiger partial charge in [0.1, 0.15) is 6.10 Å². The van der Waals surface area contributed by atoms with Gasteiger partial charge in [0, 0.05) is 34.9 Å². The van der Waals surface area contributed by atoms with Crippen molar-refractivity contribution in [1.29, 1.82) is 0 Å². The van der Waals surface area contributed by atoms with Crippen LogP contribution in [0.3, 0.4) is 0 Å². The van der Waals surface area contributed by atoms with E-state index in [2.05, 4.69) is 23.9 Å². The fourth-order valence-corrected chi connectivity index (χ4v) is 2.30. The van der Waals surface area contributed by atoms with E-state index in [0.29, 0.717) is 6.04 Å². The molecule has 2 aromatic heterocycles. The Balaban J connectivity index is 2.03. The molecule has 0 spiro atoms. The summed E-state index contributed by atoms with van der Waals surface area (Å²) in [7, 11) is 0. The molecular weight excluding hydrogens is 238 g/mol. The van der Waals surface area contributed by atoms with Crippen LogP contribution >= 0.6 is 0 Å². The molecule has 3 rings (SSSR count). The first-order valence-corrected chi connectivity index (χ1v) is 6.45. The maximum absolute atomic E-state index is 10.5. The van der Waals surface area contributed by atoms with Crippen LogP contribution in [0.1, 0.15) is 37.1 Å². The van der Waals surface area contributed by atoms with Gasteiger partial charge in [-0.25, -0.2) is 0 Å². The standard InChI is InChI=1S/C15H17N3O/c1-10(2)18-9-11(8-17-18)15(19)13-4-3-5-14-12(13)6-7-16-14/h3-10,15-16,19H,1-2H3. The van der Waals surface area contributed by atoms with Crippen molar-refractivity contribution >= 4 is 10.9 Å². The number of aliphatic hydroxyl groups excluding tert-OH is 1. The van der Waals surface area contributed by atoms with E-state index in [1.54, 1.807) is 6.20 Å². The molecule has 0 bridgehead atoms. The highest BCUT2D eigenvalue weighted by molar-refractivity contribution is 5.83. The average molecular weight is 255 g/mol. The fourth-order valence-electron chi connectivity index (χ4n) is 2.30. The molecule has 0 aliphatic rings. The Bertz CT molecular complexity index is 696. The predicted octanol–water partition coefficient (Wildman–Crippen LogP) is 3.03. The van der Waals surface area contributed by atoms with Gasteiger partial charge in [0.25, 0.3) is 0 Å². The molecule has 2 heterocycles. The van der Waals surface area contributed by atoms with E-state index in [-0.39, 0.29) is 0 Å². The van der Waals surface area contributed by atoms with Crippen molar-refractivity contribution in [3.63, 3.8) is 0 Å². The zero-order chi connectivity index (χ0) is 13.4. The second kappa shape index (κ2) is 4.55. The van der Waals surface area contributed by atoms with Crippen molar-refractivity contribution in [2.24, 2.45) is 0 Å². The van der Waals surface area contributed by atoms with E-state index < -0.39 is 6.10 Å². The van der Waals surface area contributed by atoms with Gasteiger partial charge in [-0.2, -0.15) is 5.10 Å². The molecule has 3 aromatic rings. The Labute approximate surface area is 111 Å². The highest BCUT2D eigenvalue weighted by atomic mass is 16.3. The van der Waals surface area contributed by atoms with E-state index in [4.69, 9.17) is 0 Å². The normalized spacial score (nSPS) is 13.3. The van der Waals surface area contributed by atoms with Gasteiger partial charge in [0.05, 0.1) is 6.20 Å². The molecule has 0 amide bonds. The van der Waals surface area contributed by atoms with Crippen molar-refractivity contribution in [2.75, 3.05) is 0 Å². The van der Waals surface area contributed by atoms with E-state index in [9.17, 15) is 5.11 Å². The SMILES string of the molecule is CC(C)n1cc(C(O)c2cccc3[nH]ccc23)cn1. The maximum Gasteiger partial charge on any atom is 0.108 e. The molecule has 0 saturated heterocycles. The van der Waals surface area contributed by atoms with E-state index in [1.165, 1.54) is 0 Å². The number of aromatic nitrogens is 3. The van der Waals surface area contributed by atoms with Crippen LogP contribution in [-0.2, 0) is 0 Å². The van der Waals surface area contributed by atoms with Crippen molar-refractivity contribution in [3.8, 4) is 0 Å². The molecule has 4 nitrogen and oxygen atoms in total. The molecule has 0 saturated carbocycles. The molecule has 1 atom stereocenters. The van der Waals surface area contributed by atoms with E-state index >= 15 is 0 Å².